The minimum atomic E-state index is -5.05. The molecular formula is C61H62F10N12O4S2. The van der Waals surface area contributed by atoms with Crippen molar-refractivity contribution in [2.24, 2.45) is 0 Å². The number of hydrogen-bond donors (Lipinski definition) is 0. The van der Waals surface area contributed by atoms with Crippen molar-refractivity contribution in [2.45, 2.75) is 60.2 Å². The number of halogens is 10. The summed E-state index contributed by atoms with van der Waals surface area (Å²) >= 11 is 2.11. The van der Waals surface area contributed by atoms with Gasteiger partial charge in [0.15, 0.2) is 0 Å². The Hall–Kier alpha value is -7.14. The lowest BCUT2D eigenvalue weighted by molar-refractivity contribution is -0.138. The molecule has 2 aromatic heterocycles. The average molecular weight is 1280 g/mol. The Morgan fingerprint density at radius 3 is 1.46 bits per heavy atom. The summed E-state index contributed by atoms with van der Waals surface area (Å²) in [5, 5.41) is 0.00687. The second kappa shape index (κ2) is 23.9. The van der Waals surface area contributed by atoms with Gasteiger partial charge in [0.05, 0.1) is 39.9 Å². The van der Waals surface area contributed by atoms with Crippen molar-refractivity contribution in [1.82, 2.24) is 48.5 Å². The third-order valence-electron chi connectivity index (χ3n) is 17.9. The van der Waals surface area contributed by atoms with Gasteiger partial charge in [0.2, 0.25) is 5.91 Å². The van der Waals surface area contributed by atoms with E-state index in [9.17, 15) is 28.0 Å². The zero-order valence-electron chi connectivity index (χ0n) is 48.7. The molecular weight excluding hydrogens is 1220 g/mol. The van der Waals surface area contributed by atoms with Crippen LogP contribution in [-0.2, 0) is 21.9 Å². The molecule has 0 saturated carbocycles. The maximum atomic E-state index is 15.7. The van der Waals surface area contributed by atoms with E-state index in [1.165, 1.54) is 15.2 Å². The van der Waals surface area contributed by atoms with Crippen LogP contribution in [0.4, 0.5) is 55.5 Å². The number of thioether (sulfide) groups is 2. The summed E-state index contributed by atoms with van der Waals surface area (Å²) in [5.41, 5.74) is -5.41. The first kappa shape index (κ1) is 62.1. The predicted octanol–water partition coefficient (Wildman–Crippen LogP) is 8.67. The van der Waals surface area contributed by atoms with Crippen LogP contribution < -0.4 is 21.2 Å². The summed E-state index contributed by atoms with van der Waals surface area (Å²) in [6, 6.07) is 4.37. The molecule has 0 bridgehead atoms. The quantitative estimate of drug-likeness (QED) is 0.0906. The van der Waals surface area contributed by atoms with Gasteiger partial charge in [0.25, 0.3) is 5.91 Å². The Balaban J connectivity index is 0.784. The first-order valence-corrected chi connectivity index (χ1v) is 31.1. The topological polar surface area (TPSA) is 130 Å². The summed E-state index contributed by atoms with van der Waals surface area (Å²) in [7, 11) is 2.00. The molecule has 28 heteroatoms. The van der Waals surface area contributed by atoms with E-state index < -0.39 is 110 Å². The van der Waals surface area contributed by atoms with Crippen LogP contribution >= 0.6 is 23.5 Å². The van der Waals surface area contributed by atoms with E-state index in [0.29, 0.717) is 57.9 Å². The number of piperazine rings is 4. The molecule has 4 aromatic carbocycles. The van der Waals surface area contributed by atoms with Crippen molar-refractivity contribution in [3.05, 3.63) is 129 Å². The number of anilines is 2. The van der Waals surface area contributed by atoms with Gasteiger partial charge in [-0.15, -0.1) is 23.5 Å². The third kappa shape index (κ3) is 11.5. The molecule has 6 aliphatic heterocycles. The van der Waals surface area contributed by atoms with Gasteiger partial charge < -0.3 is 29.4 Å². The van der Waals surface area contributed by atoms with Gasteiger partial charge >= 0.3 is 23.7 Å². The number of aromatic nitrogens is 4. The van der Waals surface area contributed by atoms with Crippen LogP contribution in [0.3, 0.4) is 0 Å². The van der Waals surface area contributed by atoms with Crippen molar-refractivity contribution in [1.29, 1.82) is 0 Å². The lowest BCUT2D eigenvalue weighted by Crippen LogP contribution is -2.58. The van der Waals surface area contributed by atoms with Gasteiger partial charge in [-0.05, 0) is 63.4 Å². The van der Waals surface area contributed by atoms with Crippen molar-refractivity contribution >= 4 is 68.8 Å². The molecule has 0 spiro atoms. The highest BCUT2D eigenvalue weighted by Crippen LogP contribution is 2.53. The molecule has 0 N–H and O–H groups in total. The molecule has 89 heavy (non-hydrogen) atoms. The van der Waals surface area contributed by atoms with Crippen LogP contribution in [0, 0.1) is 23.3 Å². The summed E-state index contributed by atoms with van der Waals surface area (Å²) in [6.07, 6.45) is -8.89. The van der Waals surface area contributed by atoms with Crippen molar-refractivity contribution in [3.8, 4) is 22.3 Å². The molecule has 472 valence electrons. The number of nitrogens with zero attached hydrogens (tertiary/aromatic N) is 12. The average Bonchev–Trinajstić information content (AvgIpc) is 0.736. The largest absolute Gasteiger partial charge is 0.417 e. The smallest absolute Gasteiger partial charge is 0.365 e. The SMILES string of the molecule is C=CC(=O)N1[C@H](C)CN(c2nc(=O)n3c4c(c(-c5ccc(F)cc5F)c(C(F)(F)F)cc24)SCC3CN2CCN(C(=C)C(=O)N3CCN(c4nc(=O)n5c6c(c(-c7ccc(F)cc7F)c(C(F)(F)F)cc46)SCC5CN4CCN(C)CC4)CC3)CC2)C[C@@H]1C. The summed E-state index contributed by atoms with van der Waals surface area (Å²) in [6.45, 7) is 16.7. The zero-order chi connectivity index (χ0) is 63.3. The summed E-state index contributed by atoms with van der Waals surface area (Å²) in [5.74, 6) is -4.93. The Morgan fingerprint density at radius 1 is 0.607 bits per heavy atom. The van der Waals surface area contributed by atoms with Crippen LogP contribution in [-0.4, -0.2) is 196 Å². The van der Waals surface area contributed by atoms with E-state index in [2.05, 4.69) is 32.9 Å². The van der Waals surface area contributed by atoms with E-state index >= 15 is 35.1 Å². The van der Waals surface area contributed by atoms with Gasteiger partial charge in [0.1, 0.15) is 34.9 Å². The highest BCUT2D eigenvalue weighted by Gasteiger charge is 2.44. The Bertz CT molecular complexity index is 3980. The fraction of sp³-hybridized carbons (Fsp3) is 0.443. The van der Waals surface area contributed by atoms with Gasteiger partial charge in [0, 0.05) is 183 Å². The molecule has 2 unspecified atom stereocenters. The normalized spacial score (nSPS) is 21.5. The lowest BCUT2D eigenvalue weighted by Gasteiger charge is -2.45. The van der Waals surface area contributed by atoms with Gasteiger partial charge in [-0.3, -0.25) is 28.5 Å². The van der Waals surface area contributed by atoms with Crippen LogP contribution in [0.2, 0.25) is 0 Å². The maximum absolute atomic E-state index is 15.7. The zero-order valence-corrected chi connectivity index (χ0v) is 50.4. The third-order valence-corrected chi connectivity index (χ3v) is 20.4. The fourth-order valence-corrected chi connectivity index (χ4v) is 16.2. The number of benzene rings is 4. The van der Waals surface area contributed by atoms with Crippen molar-refractivity contribution < 1.29 is 53.5 Å². The molecule has 2 amide bonds. The number of carbonyl (C=O) groups excluding carboxylic acids is 2. The highest BCUT2D eigenvalue weighted by molar-refractivity contribution is 8.00. The molecule has 8 heterocycles. The van der Waals surface area contributed by atoms with Gasteiger partial charge in [-0.2, -0.15) is 36.3 Å². The molecule has 0 radical (unpaired) electrons. The monoisotopic (exact) mass is 1280 g/mol. The minimum Gasteiger partial charge on any atom is -0.365 e. The van der Waals surface area contributed by atoms with E-state index in [1.54, 1.807) is 33.4 Å². The number of amides is 2. The Morgan fingerprint density at radius 2 is 1.03 bits per heavy atom. The molecule has 12 rings (SSSR count). The number of likely N-dealkylation sites (N-methyl/N-ethyl adjacent to an activating group) is 1. The van der Waals surface area contributed by atoms with E-state index in [1.807, 2.05) is 16.8 Å². The molecule has 6 aliphatic rings. The van der Waals surface area contributed by atoms with Crippen LogP contribution in [0.1, 0.15) is 37.1 Å². The Labute approximate surface area is 513 Å². The van der Waals surface area contributed by atoms with Crippen LogP contribution in [0.15, 0.2) is 92.8 Å². The summed E-state index contributed by atoms with van der Waals surface area (Å²) in [4.78, 5) is 79.9. The number of rotatable bonds is 11. The minimum absolute atomic E-state index is 0.0143. The fourth-order valence-electron chi connectivity index (χ4n) is 13.6. The molecule has 6 aromatic rings. The second-order valence-electron chi connectivity index (χ2n) is 23.6. The molecule has 0 aliphatic carbocycles. The molecule has 4 saturated heterocycles. The first-order valence-electron chi connectivity index (χ1n) is 29.2. The lowest BCUT2D eigenvalue weighted by atomic mass is 9.95. The van der Waals surface area contributed by atoms with E-state index in [4.69, 9.17) is 0 Å². The standard InChI is InChI=1S/C61H62F10N12O4S2/c1-6-48(84)81-33(2)27-80(28-34(81)3)56-43-26-45(61(69,70)71)50(41-10-8-37(63)24-47(41)65)54-52(43)83(59(87)73-56)39(32-89-54)30-76-15-17-77(18-16-76)35(4)57(85)79-21-19-78(20-22-79)55-42-25-44(60(66,67)68)49(40-9-7-36(62)23-46(40)64)53-51(42)82(58(86)72-55)38(31-88-53)29-75-13-11-74(5)12-14-75/h6-10,23-26,33-34,38-39H,1,4,11-22,27-32H2,2-3,5H3/t33-,34+,38?,39?. The van der Waals surface area contributed by atoms with Crippen LogP contribution in [0.5, 0.6) is 0 Å². The number of carbonyl (C=O) groups is 2. The van der Waals surface area contributed by atoms with Gasteiger partial charge in [-0.1, -0.05) is 13.2 Å². The van der Waals surface area contributed by atoms with E-state index in [-0.39, 0.29) is 112 Å². The summed E-state index contributed by atoms with van der Waals surface area (Å²) < 4.78 is 155. The predicted molar refractivity (Wildman–Crippen MR) is 320 cm³/mol. The molecule has 16 nitrogen and oxygen atoms in total. The molecule has 4 atom stereocenters. The Kier molecular flexibility index (Phi) is 16.7. The van der Waals surface area contributed by atoms with E-state index in [0.717, 1.165) is 73.0 Å². The van der Waals surface area contributed by atoms with Crippen molar-refractivity contribution in [2.75, 3.05) is 133 Å². The van der Waals surface area contributed by atoms with Gasteiger partial charge in [-0.25, -0.2) is 27.2 Å². The highest BCUT2D eigenvalue weighted by atomic mass is 32.2. The number of hydrogen-bond acceptors (Lipinski definition) is 14. The van der Waals surface area contributed by atoms with Crippen molar-refractivity contribution in [3.63, 3.8) is 0 Å². The maximum Gasteiger partial charge on any atom is 0.417 e. The van der Waals surface area contributed by atoms with Crippen LogP contribution in [0.25, 0.3) is 44.1 Å². The second-order valence-corrected chi connectivity index (χ2v) is 25.6. The number of alkyl halides is 6. The first-order chi connectivity index (χ1) is 42.3. The molecule has 4 fully saturated rings.